The lowest BCUT2D eigenvalue weighted by Crippen LogP contribution is -2.38. The Morgan fingerprint density at radius 3 is 2.50 bits per heavy atom. The Balaban J connectivity index is 1.57. The number of alkyl halides is 3. The normalized spacial score (nSPS) is 13.0. The predicted molar refractivity (Wildman–Crippen MR) is 122 cm³/mol. The first-order valence-corrected chi connectivity index (χ1v) is 11.1. The number of hydrogen-bond acceptors (Lipinski definition) is 3. The number of hydrogen-bond donors (Lipinski definition) is 1. The van der Waals surface area contributed by atoms with Crippen LogP contribution in [0.5, 0.6) is 0 Å². The van der Waals surface area contributed by atoms with Gasteiger partial charge in [-0.2, -0.15) is 18.3 Å². The molecule has 2 aromatic carbocycles. The van der Waals surface area contributed by atoms with Crippen LogP contribution in [0, 0.1) is 6.92 Å². The molecule has 34 heavy (non-hydrogen) atoms. The van der Waals surface area contributed by atoms with Crippen molar-refractivity contribution in [2.45, 2.75) is 39.3 Å². The number of carbonyl (C=O) groups is 2. The summed E-state index contributed by atoms with van der Waals surface area (Å²) in [5, 5.41) is 6.91. The Morgan fingerprint density at radius 1 is 1.09 bits per heavy atom. The summed E-state index contributed by atoms with van der Waals surface area (Å²) >= 11 is 0. The minimum Gasteiger partial charge on any atom is -0.328 e. The fraction of sp³-hybridized carbons (Fsp3) is 0.320. The average molecular weight is 470 g/mol. The number of carbonyl (C=O) groups excluding carboxylic acids is 2. The van der Waals surface area contributed by atoms with Crippen LogP contribution in [0.4, 0.5) is 18.9 Å². The van der Waals surface area contributed by atoms with Crippen LogP contribution in [-0.2, 0) is 23.8 Å². The zero-order chi connectivity index (χ0) is 24.5. The van der Waals surface area contributed by atoms with E-state index in [-0.39, 0.29) is 18.8 Å². The summed E-state index contributed by atoms with van der Waals surface area (Å²) in [6.45, 7) is 3.52. The number of aromatic nitrogens is 2. The highest BCUT2D eigenvalue weighted by Crippen LogP contribution is 2.34. The lowest BCUT2D eigenvalue weighted by Gasteiger charge is -2.20. The van der Waals surface area contributed by atoms with Gasteiger partial charge in [-0.3, -0.25) is 9.59 Å². The number of likely N-dealkylation sites (N-methyl/N-ethyl adjacent to an activating group) is 1. The molecule has 4 rings (SSSR count). The average Bonchev–Trinajstić information content (AvgIpc) is 3.40. The lowest BCUT2D eigenvalue weighted by atomic mass is 10.1. The predicted octanol–water partition coefficient (Wildman–Crippen LogP) is 4.79. The van der Waals surface area contributed by atoms with E-state index in [4.69, 9.17) is 0 Å². The summed E-state index contributed by atoms with van der Waals surface area (Å²) in [6.07, 6.45) is -2.19. The van der Waals surface area contributed by atoms with Crippen LogP contribution < -0.4 is 5.32 Å². The third-order valence-corrected chi connectivity index (χ3v) is 5.99. The molecule has 1 aromatic heterocycles. The van der Waals surface area contributed by atoms with E-state index in [2.05, 4.69) is 10.4 Å². The zero-order valence-corrected chi connectivity index (χ0v) is 18.9. The van der Waals surface area contributed by atoms with Gasteiger partial charge in [0, 0.05) is 17.8 Å². The Bertz CT molecular complexity index is 1230. The van der Waals surface area contributed by atoms with Gasteiger partial charge in [-0.05, 0) is 56.9 Å². The maximum absolute atomic E-state index is 13.4. The topological polar surface area (TPSA) is 67.2 Å². The van der Waals surface area contributed by atoms with E-state index in [0.717, 1.165) is 41.4 Å². The van der Waals surface area contributed by atoms with Crippen molar-refractivity contribution in [3.63, 3.8) is 0 Å². The molecule has 1 N–H and O–H groups in total. The molecule has 0 atom stereocenters. The molecule has 3 aromatic rings. The van der Waals surface area contributed by atoms with Crippen molar-refractivity contribution < 1.29 is 22.8 Å². The number of anilines is 1. The molecule has 9 heteroatoms. The van der Waals surface area contributed by atoms with Crippen molar-refractivity contribution in [1.29, 1.82) is 0 Å². The summed E-state index contributed by atoms with van der Waals surface area (Å²) in [5.74, 6) is -1.12. The fourth-order valence-corrected chi connectivity index (χ4v) is 4.29. The van der Waals surface area contributed by atoms with Crippen LogP contribution in [-0.4, -0.2) is 39.6 Å². The Labute approximate surface area is 195 Å². The molecule has 178 valence electrons. The number of nitrogens with zero attached hydrogens (tertiary/aromatic N) is 3. The molecular weight excluding hydrogens is 445 g/mol. The van der Waals surface area contributed by atoms with Crippen molar-refractivity contribution >= 4 is 17.5 Å². The molecule has 0 saturated heterocycles. The molecule has 0 fully saturated rings. The van der Waals surface area contributed by atoms with Gasteiger partial charge in [0.15, 0.2) is 5.69 Å². The number of fused-ring (bicyclic) bond motifs is 1. The second kappa shape index (κ2) is 9.32. The van der Waals surface area contributed by atoms with Crippen molar-refractivity contribution in [3.8, 4) is 5.69 Å². The quantitative estimate of drug-likeness (QED) is 0.563. The largest absolute Gasteiger partial charge is 0.418 e. The van der Waals surface area contributed by atoms with E-state index >= 15 is 0 Å². The SMILES string of the molecule is CCN(CC(=O)Nc1ccccc1C(F)(F)F)C(=O)c1nn(-c2ccccc2C)c2c1CCC2. The van der Waals surface area contributed by atoms with Gasteiger partial charge in [0.05, 0.1) is 16.9 Å². The molecule has 2 amide bonds. The molecule has 1 aliphatic carbocycles. The van der Waals surface area contributed by atoms with Crippen LogP contribution in [0.3, 0.4) is 0 Å². The van der Waals surface area contributed by atoms with Gasteiger partial charge in [-0.25, -0.2) is 4.68 Å². The van der Waals surface area contributed by atoms with Crippen LogP contribution in [0.15, 0.2) is 48.5 Å². The van der Waals surface area contributed by atoms with Crippen LogP contribution in [0.25, 0.3) is 5.69 Å². The maximum atomic E-state index is 13.4. The highest BCUT2D eigenvalue weighted by atomic mass is 19.4. The number of rotatable bonds is 6. The number of amides is 2. The number of benzene rings is 2. The smallest absolute Gasteiger partial charge is 0.328 e. The first-order valence-electron chi connectivity index (χ1n) is 11.1. The number of nitrogens with one attached hydrogen (secondary N) is 1. The van der Waals surface area contributed by atoms with Gasteiger partial charge < -0.3 is 10.2 Å². The molecule has 0 aliphatic heterocycles. The molecule has 0 spiro atoms. The van der Waals surface area contributed by atoms with Gasteiger partial charge in [0.25, 0.3) is 5.91 Å². The number of para-hydroxylation sites is 2. The molecule has 1 aliphatic rings. The summed E-state index contributed by atoms with van der Waals surface area (Å²) in [4.78, 5) is 27.3. The van der Waals surface area contributed by atoms with Gasteiger partial charge in [-0.15, -0.1) is 0 Å². The van der Waals surface area contributed by atoms with Gasteiger partial charge >= 0.3 is 6.18 Å². The lowest BCUT2D eigenvalue weighted by molar-refractivity contribution is -0.137. The molecule has 6 nitrogen and oxygen atoms in total. The second-order valence-corrected chi connectivity index (χ2v) is 8.24. The summed E-state index contributed by atoms with van der Waals surface area (Å²) in [7, 11) is 0. The number of aryl methyl sites for hydroxylation is 1. The highest BCUT2D eigenvalue weighted by molar-refractivity contribution is 5.99. The van der Waals surface area contributed by atoms with Gasteiger partial charge in [0.1, 0.15) is 6.54 Å². The van der Waals surface area contributed by atoms with Gasteiger partial charge in [-0.1, -0.05) is 30.3 Å². The van der Waals surface area contributed by atoms with E-state index in [1.54, 1.807) is 11.6 Å². The van der Waals surface area contributed by atoms with Crippen LogP contribution >= 0.6 is 0 Å². The minimum absolute atomic E-state index is 0.208. The Kier molecular flexibility index (Phi) is 6.45. The first-order chi connectivity index (χ1) is 16.2. The van der Waals surface area contributed by atoms with E-state index in [9.17, 15) is 22.8 Å². The monoisotopic (exact) mass is 470 g/mol. The van der Waals surface area contributed by atoms with E-state index < -0.39 is 23.6 Å². The van der Waals surface area contributed by atoms with Crippen molar-refractivity contribution in [1.82, 2.24) is 14.7 Å². The molecule has 0 unspecified atom stereocenters. The Morgan fingerprint density at radius 2 is 1.79 bits per heavy atom. The summed E-state index contributed by atoms with van der Waals surface area (Å²) in [6, 6.07) is 12.5. The number of halogens is 3. The highest BCUT2D eigenvalue weighted by Gasteiger charge is 2.34. The standard InChI is InChI=1S/C25H25F3N4O2/c1-3-31(15-22(33)29-19-12-6-5-11-18(19)25(26,27)28)24(34)23-17-10-8-14-21(17)32(30-23)20-13-7-4-9-16(20)2/h4-7,9,11-13H,3,8,10,14-15H2,1-2H3,(H,29,33). The van der Waals surface area contributed by atoms with E-state index in [0.29, 0.717) is 12.1 Å². The van der Waals surface area contributed by atoms with E-state index in [1.165, 1.54) is 23.1 Å². The van der Waals surface area contributed by atoms with Crippen molar-refractivity contribution in [3.05, 3.63) is 76.6 Å². The summed E-state index contributed by atoms with van der Waals surface area (Å²) < 4.78 is 41.5. The second-order valence-electron chi connectivity index (χ2n) is 8.24. The third-order valence-electron chi connectivity index (χ3n) is 5.99. The Hall–Kier alpha value is -3.62. The minimum atomic E-state index is -4.60. The molecule has 0 radical (unpaired) electrons. The van der Waals surface area contributed by atoms with Crippen molar-refractivity contribution in [2.24, 2.45) is 0 Å². The van der Waals surface area contributed by atoms with Gasteiger partial charge in [0.2, 0.25) is 5.91 Å². The molecular formula is C25H25F3N4O2. The molecule has 1 heterocycles. The maximum Gasteiger partial charge on any atom is 0.418 e. The zero-order valence-electron chi connectivity index (χ0n) is 18.9. The van der Waals surface area contributed by atoms with Crippen LogP contribution in [0.1, 0.15) is 46.2 Å². The van der Waals surface area contributed by atoms with E-state index in [1.807, 2.05) is 31.2 Å². The first kappa shape index (κ1) is 23.5. The summed E-state index contributed by atoms with van der Waals surface area (Å²) in [5.41, 5.74) is 2.78. The fourth-order valence-electron chi connectivity index (χ4n) is 4.29. The molecule has 0 bridgehead atoms. The molecule has 0 saturated carbocycles. The third kappa shape index (κ3) is 4.55. The van der Waals surface area contributed by atoms with Crippen molar-refractivity contribution in [2.75, 3.05) is 18.4 Å². The van der Waals surface area contributed by atoms with Crippen LogP contribution in [0.2, 0.25) is 0 Å².